The highest BCUT2D eigenvalue weighted by molar-refractivity contribution is 5.82. The Labute approximate surface area is 136 Å². The van der Waals surface area contributed by atoms with E-state index in [0.29, 0.717) is 18.2 Å². The van der Waals surface area contributed by atoms with Crippen molar-refractivity contribution in [3.05, 3.63) is 41.2 Å². The number of carbonyl (C=O) groups is 1. The van der Waals surface area contributed by atoms with Crippen molar-refractivity contribution in [1.82, 2.24) is 14.8 Å². The molecule has 25 heavy (non-hydrogen) atoms. The predicted molar refractivity (Wildman–Crippen MR) is 73.2 cm³/mol. The van der Waals surface area contributed by atoms with Crippen molar-refractivity contribution in [2.24, 2.45) is 0 Å². The van der Waals surface area contributed by atoms with Crippen molar-refractivity contribution in [3.63, 3.8) is 0 Å². The lowest BCUT2D eigenvalue weighted by molar-refractivity contribution is -0.144. The summed E-state index contributed by atoms with van der Waals surface area (Å²) in [6, 6.07) is 1.04. The second-order valence-corrected chi connectivity index (χ2v) is 4.89. The molecule has 2 aromatic rings. The molecular formula is C14H9F6N3O2. The lowest BCUT2D eigenvalue weighted by atomic mass is 9.97. The van der Waals surface area contributed by atoms with Gasteiger partial charge in [0.2, 0.25) is 0 Å². The topological polar surface area (TPSA) is 68.0 Å². The standard InChI is InChI=1S/C14H9F6N3O2/c1-7-9(13(15,16)17)4-8(5-10(7)14(18,19)20)12-21-6-23(22-12)3-2-11(24)25/h2-6H,1H3,(H,24,25)/b3-2-. The van der Waals surface area contributed by atoms with Gasteiger partial charge in [0.15, 0.2) is 5.82 Å². The van der Waals surface area contributed by atoms with Gasteiger partial charge in [-0.15, -0.1) is 5.10 Å². The molecular weight excluding hydrogens is 356 g/mol. The molecule has 1 aromatic heterocycles. The molecule has 0 atom stereocenters. The number of carboxylic acids is 1. The van der Waals surface area contributed by atoms with E-state index in [4.69, 9.17) is 5.11 Å². The molecule has 0 unspecified atom stereocenters. The maximum atomic E-state index is 13.0. The number of carboxylic acid groups (broad SMARTS) is 1. The molecule has 0 aliphatic heterocycles. The molecule has 0 aliphatic rings. The number of hydrogen-bond acceptors (Lipinski definition) is 3. The quantitative estimate of drug-likeness (QED) is 0.663. The Bertz CT molecular complexity index is 801. The number of alkyl halides is 6. The molecule has 11 heteroatoms. The van der Waals surface area contributed by atoms with E-state index < -0.39 is 46.4 Å². The van der Waals surface area contributed by atoms with E-state index in [1.165, 1.54) is 0 Å². The lowest BCUT2D eigenvalue weighted by Gasteiger charge is -2.17. The fourth-order valence-electron chi connectivity index (χ4n) is 2.05. The smallest absolute Gasteiger partial charge is 0.416 e. The Morgan fingerprint density at radius 1 is 1.12 bits per heavy atom. The van der Waals surface area contributed by atoms with Crippen LogP contribution in [0.15, 0.2) is 24.5 Å². The maximum absolute atomic E-state index is 13.0. The average molecular weight is 365 g/mol. The molecule has 0 spiro atoms. The van der Waals surface area contributed by atoms with Crippen molar-refractivity contribution >= 4 is 12.2 Å². The number of halogens is 6. The number of hydrogen-bond donors (Lipinski definition) is 1. The molecule has 134 valence electrons. The molecule has 0 radical (unpaired) electrons. The van der Waals surface area contributed by atoms with Gasteiger partial charge in [0.05, 0.1) is 11.1 Å². The molecule has 0 saturated carbocycles. The maximum Gasteiger partial charge on any atom is 0.416 e. The summed E-state index contributed by atoms with van der Waals surface area (Å²) in [7, 11) is 0. The van der Waals surface area contributed by atoms with Gasteiger partial charge in [-0.25, -0.2) is 14.5 Å². The van der Waals surface area contributed by atoms with Crippen LogP contribution in [-0.2, 0) is 17.1 Å². The van der Waals surface area contributed by atoms with Crippen LogP contribution in [0.25, 0.3) is 17.6 Å². The van der Waals surface area contributed by atoms with E-state index in [2.05, 4.69) is 10.1 Å². The van der Waals surface area contributed by atoms with Crippen LogP contribution >= 0.6 is 0 Å². The largest absolute Gasteiger partial charge is 0.478 e. The van der Waals surface area contributed by atoms with Crippen LogP contribution in [0.4, 0.5) is 26.3 Å². The zero-order valence-electron chi connectivity index (χ0n) is 12.4. The van der Waals surface area contributed by atoms with E-state index in [1.807, 2.05) is 0 Å². The Hall–Kier alpha value is -2.85. The SMILES string of the molecule is Cc1c(C(F)(F)F)cc(-c2ncn(/C=C\C(=O)O)n2)cc1C(F)(F)F. The third kappa shape index (κ3) is 4.17. The first-order valence-electron chi connectivity index (χ1n) is 6.51. The van der Waals surface area contributed by atoms with Crippen molar-refractivity contribution in [2.75, 3.05) is 0 Å². The third-order valence-corrected chi connectivity index (χ3v) is 3.16. The normalized spacial score (nSPS) is 12.8. The molecule has 1 heterocycles. The highest BCUT2D eigenvalue weighted by atomic mass is 19.4. The first-order valence-corrected chi connectivity index (χ1v) is 6.51. The highest BCUT2D eigenvalue weighted by Gasteiger charge is 2.40. The van der Waals surface area contributed by atoms with E-state index in [0.717, 1.165) is 24.1 Å². The summed E-state index contributed by atoms with van der Waals surface area (Å²) in [4.78, 5) is 14.0. The molecule has 2 rings (SSSR count). The van der Waals surface area contributed by atoms with Crippen molar-refractivity contribution in [3.8, 4) is 11.4 Å². The van der Waals surface area contributed by atoms with Gasteiger partial charge >= 0.3 is 18.3 Å². The Kier molecular flexibility index (Phi) is 4.60. The van der Waals surface area contributed by atoms with Crippen LogP contribution < -0.4 is 0 Å². The Morgan fingerprint density at radius 2 is 1.64 bits per heavy atom. The van der Waals surface area contributed by atoms with Crippen LogP contribution in [-0.4, -0.2) is 25.8 Å². The number of benzene rings is 1. The molecule has 0 amide bonds. The minimum atomic E-state index is -4.99. The minimum Gasteiger partial charge on any atom is -0.478 e. The van der Waals surface area contributed by atoms with E-state index in [9.17, 15) is 31.1 Å². The fraction of sp³-hybridized carbons (Fsp3) is 0.214. The highest BCUT2D eigenvalue weighted by Crippen LogP contribution is 2.41. The van der Waals surface area contributed by atoms with E-state index in [1.54, 1.807) is 0 Å². The summed E-state index contributed by atoms with van der Waals surface area (Å²) < 4.78 is 79.1. The Balaban J connectivity index is 2.60. The zero-order chi connectivity index (χ0) is 19.0. The molecule has 0 fully saturated rings. The van der Waals surface area contributed by atoms with Crippen molar-refractivity contribution in [2.45, 2.75) is 19.3 Å². The van der Waals surface area contributed by atoms with Crippen LogP contribution in [0, 0.1) is 6.92 Å². The molecule has 5 nitrogen and oxygen atoms in total. The van der Waals surface area contributed by atoms with Gasteiger partial charge in [0.25, 0.3) is 0 Å². The van der Waals surface area contributed by atoms with Gasteiger partial charge < -0.3 is 5.11 Å². The molecule has 0 bridgehead atoms. The van der Waals surface area contributed by atoms with Crippen LogP contribution in [0.5, 0.6) is 0 Å². The average Bonchev–Trinajstić information content (AvgIpc) is 2.91. The number of nitrogens with zero attached hydrogens (tertiary/aromatic N) is 3. The molecule has 0 saturated heterocycles. The summed E-state index contributed by atoms with van der Waals surface area (Å²) in [5.41, 5.74) is -4.34. The second kappa shape index (κ2) is 6.22. The summed E-state index contributed by atoms with van der Waals surface area (Å²) in [5, 5.41) is 12.1. The van der Waals surface area contributed by atoms with Gasteiger partial charge in [0, 0.05) is 17.8 Å². The minimum absolute atomic E-state index is 0.411. The van der Waals surface area contributed by atoms with E-state index >= 15 is 0 Å². The van der Waals surface area contributed by atoms with Crippen molar-refractivity contribution in [1.29, 1.82) is 0 Å². The van der Waals surface area contributed by atoms with Gasteiger partial charge in [-0.1, -0.05) is 0 Å². The lowest BCUT2D eigenvalue weighted by Crippen LogP contribution is -2.15. The van der Waals surface area contributed by atoms with Crippen LogP contribution in [0.2, 0.25) is 0 Å². The molecule has 0 aliphatic carbocycles. The predicted octanol–water partition coefficient (Wildman–Crippen LogP) is 3.85. The number of aliphatic carboxylic acids is 1. The van der Waals surface area contributed by atoms with E-state index in [-0.39, 0.29) is 0 Å². The third-order valence-electron chi connectivity index (χ3n) is 3.16. The zero-order valence-corrected chi connectivity index (χ0v) is 12.4. The van der Waals surface area contributed by atoms with Gasteiger partial charge in [0.1, 0.15) is 6.33 Å². The van der Waals surface area contributed by atoms with Crippen molar-refractivity contribution < 1.29 is 36.2 Å². The first kappa shape index (κ1) is 18.5. The van der Waals surface area contributed by atoms with Crippen LogP contribution in [0.1, 0.15) is 16.7 Å². The summed E-state index contributed by atoms with van der Waals surface area (Å²) in [6.07, 6.45) is -7.43. The van der Waals surface area contributed by atoms with Gasteiger partial charge in [-0.2, -0.15) is 26.3 Å². The summed E-state index contributed by atoms with van der Waals surface area (Å²) in [5.74, 6) is -1.72. The Morgan fingerprint density at radius 3 is 2.08 bits per heavy atom. The van der Waals surface area contributed by atoms with Gasteiger partial charge in [-0.05, 0) is 24.6 Å². The summed E-state index contributed by atoms with van der Waals surface area (Å²) >= 11 is 0. The van der Waals surface area contributed by atoms with Crippen LogP contribution in [0.3, 0.4) is 0 Å². The molecule has 1 N–H and O–H groups in total. The fourth-order valence-corrected chi connectivity index (χ4v) is 2.05. The number of aromatic nitrogens is 3. The second-order valence-electron chi connectivity index (χ2n) is 4.89. The monoisotopic (exact) mass is 365 g/mol. The summed E-state index contributed by atoms with van der Waals surface area (Å²) in [6.45, 7) is 0.733. The van der Waals surface area contributed by atoms with Gasteiger partial charge in [-0.3, -0.25) is 0 Å². The molecule has 1 aromatic carbocycles. The number of rotatable bonds is 3. The first-order chi connectivity index (χ1) is 11.4.